The third-order valence-electron chi connectivity index (χ3n) is 3.14. The number of fused-ring (bicyclic) bond motifs is 1. The highest BCUT2D eigenvalue weighted by atomic mass is 16.5. The topological polar surface area (TPSA) is 69.3 Å². The maximum Gasteiger partial charge on any atom is 0.267 e. The molecule has 0 saturated carbocycles. The Balaban J connectivity index is 2.34. The summed E-state index contributed by atoms with van der Waals surface area (Å²) in [5.74, 6) is 0.676. The summed E-state index contributed by atoms with van der Waals surface area (Å²) in [6, 6.07) is 7.64. The van der Waals surface area contributed by atoms with Crippen LogP contribution in [0, 0.1) is 0 Å². The van der Waals surface area contributed by atoms with Crippen molar-refractivity contribution in [2.24, 2.45) is 12.8 Å². The lowest BCUT2D eigenvalue weighted by molar-refractivity contribution is 0.0946. The van der Waals surface area contributed by atoms with Crippen molar-refractivity contribution in [1.82, 2.24) is 9.88 Å². The van der Waals surface area contributed by atoms with Crippen molar-refractivity contribution < 1.29 is 9.53 Å². The standard InChI is InChI=1S/C14H19N3O2/c1-17-11(14(18)16-8-4-7-15)9-10-5-3-6-12(19-2)13(10)17/h3,5-6,9H,4,7-8,15H2,1-2H3,(H,16,18). The number of nitrogens with two attached hydrogens (primary N) is 1. The molecule has 0 bridgehead atoms. The summed E-state index contributed by atoms with van der Waals surface area (Å²) >= 11 is 0. The SMILES string of the molecule is COc1cccc2cc(C(=O)NCCCN)n(C)c12. The van der Waals surface area contributed by atoms with Crippen LogP contribution in [0.3, 0.4) is 0 Å². The zero-order chi connectivity index (χ0) is 13.8. The second-order valence-electron chi connectivity index (χ2n) is 4.38. The van der Waals surface area contributed by atoms with Gasteiger partial charge in [-0.15, -0.1) is 0 Å². The fourth-order valence-electron chi connectivity index (χ4n) is 2.16. The molecule has 19 heavy (non-hydrogen) atoms. The van der Waals surface area contributed by atoms with Crippen molar-refractivity contribution in [2.75, 3.05) is 20.2 Å². The highest BCUT2D eigenvalue weighted by Crippen LogP contribution is 2.27. The molecule has 2 aromatic rings. The van der Waals surface area contributed by atoms with Crippen molar-refractivity contribution >= 4 is 16.8 Å². The molecule has 3 N–H and O–H groups in total. The third-order valence-corrected chi connectivity index (χ3v) is 3.14. The van der Waals surface area contributed by atoms with E-state index in [1.807, 2.05) is 35.9 Å². The van der Waals surface area contributed by atoms with Crippen molar-refractivity contribution in [3.05, 3.63) is 30.0 Å². The van der Waals surface area contributed by atoms with Crippen LogP contribution in [-0.4, -0.2) is 30.7 Å². The van der Waals surface area contributed by atoms with Gasteiger partial charge in [-0.3, -0.25) is 4.79 Å². The van der Waals surface area contributed by atoms with Gasteiger partial charge in [0.25, 0.3) is 5.91 Å². The lowest BCUT2D eigenvalue weighted by Gasteiger charge is -2.07. The number of ether oxygens (including phenoxy) is 1. The van der Waals surface area contributed by atoms with E-state index in [2.05, 4.69) is 5.32 Å². The molecule has 0 aliphatic carbocycles. The van der Waals surface area contributed by atoms with Gasteiger partial charge in [0.2, 0.25) is 0 Å². The minimum atomic E-state index is -0.0887. The van der Waals surface area contributed by atoms with Gasteiger partial charge in [0.05, 0.1) is 12.6 Å². The Bertz CT molecular complexity index is 590. The Labute approximate surface area is 112 Å². The van der Waals surface area contributed by atoms with Gasteiger partial charge in [-0.05, 0) is 25.1 Å². The molecular weight excluding hydrogens is 242 g/mol. The van der Waals surface area contributed by atoms with Crippen LogP contribution in [0.25, 0.3) is 10.9 Å². The molecule has 0 radical (unpaired) electrons. The van der Waals surface area contributed by atoms with Crippen molar-refractivity contribution in [3.63, 3.8) is 0 Å². The molecule has 0 spiro atoms. The molecule has 0 aliphatic rings. The maximum atomic E-state index is 12.1. The van der Waals surface area contributed by atoms with Crippen LogP contribution < -0.4 is 15.8 Å². The maximum absolute atomic E-state index is 12.1. The molecule has 1 heterocycles. The largest absolute Gasteiger partial charge is 0.495 e. The van der Waals surface area contributed by atoms with Crippen molar-refractivity contribution in [1.29, 1.82) is 0 Å². The fraction of sp³-hybridized carbons (Fsp3) is 0.357. The Hall–Kier alpha value is -2.01. The zero-order valence-corrected chi connectivity index (χ0v) is 11.3. The predicted molar refractivity (Wildman–Crippen MR) is 75.5 cm³/mol. The van der Waals surface area contributed by atoms with Gasteiger partial charge in [-0.1, -0.05) is 12.1 Å². The first kappa shape index (κ1) is 13.4. The number of benzene rings is 1. The number of para-hydroxylation sites is 1. The van der Waals surface area contributed by atoms with Gasteiger partial charge in [0.1, 0.15) is 11.4 Å². The Morgan fingerprint density at radius 1 is 1.47 bits per heavy atom. The molecule has 5 heteroatoms. The minimum absolute atomic E-state index is 0.0887. The molecule has 0 atom stereocenters. The summed E-state index contributed by atoms with van der Waals surface area (Å²) in [5.41, 5.74) is 6.96. The van der Waals surface area contributed by atoms with Gasteiger partial charge in [-0.25, -0.2) is 0 Å². The van der Waals surface area contributed by atoms with Gasteiger partial charge in [-0.2, -0.15) is 0 Å². The summed E-state index contributed by atoms with van der Waals surface area (Å²) in [6.07, 6.45) is 0.777. The van der Waals surface area contributed by atoms with Crippen molar-refractivity contribution in [3.8, 4) is 5.75 Å². The summed E-state index contributed by atoms with van der Waals surface area (Å²) in [4.78, 5) is 12.1. The van der Waals surface area contributed by atoms with Crippen LogP contribution in [-0.2, 0) is 7.05 Å². The third kappa shape index (κ3) is 2.56. The van der Waals surface area contributed by atoms with E-state index in [9.17, 15) is 4.79 Å². The number of rotatable bonds is 5. The number of hydrogen-bond acceptors (Lipinski definition) is 3. The number of amides is 1. The van der Waals surface area contributed by atoms with Gasteiger partial charge >= 0.3 is 0 Å². The van der Waals surface area contributed by atoms with Crippen LogP contribution in [0.1, 0.15) is 16.9 Å². The van der Waals surface area contributed by atoms with Crippen LogP contribution in [0.4, 0.5) is 0 Å². The van der Waals surface area contributed by atoms with E-state index in [-0.39, 0.29) is 5.91 Å². The Morgan fingerprint density at radius 3 is 2.95 bits per heavy atom. The molecule has 0 fully saturated rings. The number of carbonyl (C=O) groups is 1. The van der Waals surface area contributed by atoms with Crippen LogP contribution in [0.15, 0.2) is 24.3 Å². The molecule has 1 amide bonds. The second kappa shape index (κ2) is 5.75. The summed E-state index contributed by atoms with van der Waals surface area (Å²) < 4.78 is 7.18. The number of aromatic nitrogens is 1. The number of carbonyl (C=O) groups excluding carboxylic acids is 1. The normalized spacial score (nSPS) is 10.7. The highest BCUT2D eigenvalue weighted by Gasteiger charge is 2.15. The smallest absolute Gasteiger partial charge is 0.267 e. The number of methoxy groups -OCH3 is 1. The summed E-state index contributed by atoms with van der Waals surface area (Å²) in [7, 11) is 3.49. The molecule has 0 unspecified atom stereocenters. The molecule has 1 aromatic carbocycles. The first-order chi connectivity index (χ1) is 9.19. The van der Waals surface area contributed by atoms with Crippen LogP contribution in [0.2, 0.25) is 0 Å². The highest BCUT2D eigenvalue weighted by molar-refractivity contribution is 6.00. The predicted octanol–water partition coefficient (Wildman–Crippen LogP) is 1.27. The average molecular weight is 261 g/mol. The zero-order valence-electron chi connectivity index (χ0n) is 11.3. The van der Waals surface area contributed by atoms with E-state index in [1.54, 1.807) is 7.11 Å². The average Bonchev–Trinajstić information content (AvgIpc) is 2.76. The summed E-state index contributed by atoms with van der Waals surface area (Å²) in [6.45, 7) is 1.16. The minimum Gasteiger partial charge on any atom is -0.495 e. The van der Waals surface area contributed by atoms with Gasteiger partial charge in [0.15, 0.2) is 0 Å². The number of nitrogens with one attached hydrogen (secondary N) is 1. The lowest BCUT2D eigenvalue weighted by atomic mass is 10.2. The molecule has 5 nitrogen and oxygen atoms in total. The van der Waals surface area contributed by atoms with Crippen LogP contribution in [0.5, 0.6) is 5.75 Å². The lowest BCUT2D eigenvalue weighted by Crippen LogP contribution is -2.27. The van der Waals surface area contributed by atoms with E-state index >= 15 is 0 Å². The fourth-order valence-corrected chi connectivity index (χ4v) is 2.16. The molecule has 0 saturated heterocycles. The second-order valence-corrected chi connectivity index (χ2v) is 4.38. The van der Waals surface area contributed by atoms with Gasteiger partial charge < -0.3 is 20.4 Å². The quantitative estimate of drug-likeness (QED) is 0.796. The molecule has 2 rings (SSSR count). The Kier molecular flexibility index (Phi) is 4.06. The van der Waals surface area contributed by atoms with E-state index in [1.165, 1.54) is 0 Å². The van der Waals surface area contributed by atoms with E-state index < -0.39 is 0 Å². The first-order valence-electron chi connectivity index (χ1n) is 6.29. The molecule has 0 aliphatic heterocycles. The van der Waals surface area contributed by atoms with E-state index in [4.69, 9.17) is 10.5 Å². The summed E-state index contributed by atoms with van der Waals surface area (Å²) in [5, 5.41) is 3.85. The molecular formula is C14H19N3O2. The molecule has 1 aromatic heterocycles. The number of hydrogen-bond donors (Lipinski definition) is 2. The molecule has 102 valence electrons. The number of aryl methyl sites for hydroxylation is 1. The van der Waals surface area contributed by atoms with Crippen molar-refractivity contribution in [2.45, 2.75) is 6.42 Å². The number of nitrogens with zero attached hydrogens (tertiary/aromatic N) is 1. The first-order valence-corrected chi connectivity index (χ1v) is 6.29. The van der Waals surface area contributed by atoms with E-state index in [0.717, 1.165) is 23.1 Å². The van der Waals surface area contributed by atoms with E-state index in [0.29, 0.717) is 18.8 Å². The monoisotopic (exact) mass is 261 g/mol. The Morgan fingerprint density at radius 2 is 2.26 bits per heavy atom. The van der Waals surface area contributed by atoms with Gasteiger partial charge in [0, 0.05) is 19.0 Å². The van der Waals surface area contributed by atoms with Crippen LogP contribution >= 0.6 is 0 Å².